The molecule has 2 saturated heterocycles. The van der Waals surface area contributed by atoms with E-state index in [1.807, 2.05) is 6.07 Å². The van der Waals surface area contributed by atoms with Gasteiger partial charge in [0.25, 0.3) is 0 Å². The van der Waals surface area contributed by atoms with Crippen molar-refractivity contribution >= 4 is 5.91 Å². The highest BCUT2D eigenvalue weighted by molar-refractivity contribution is 5.80. The number of carbonyl (C=O) groups excluding carboxylic acids is 1. The number of hydrogen-bond acceptors (Lipinski definition) is 2. The van der Waals surface area contributed by atoms with Gasteiger partial charge in [-0.1, -0.05) is 30.3 Å². The maximum atomic E-state index is 12.7. The Bertz CT molecular complexity index is 426. The molecule has 1 aromatic carbocycles. The molecule has 2 heterocycles. The predicted octanol–water partition coefficient (Wildman–Crippen LogP) is 2.35. The number of hydrogen-bond donors (Lipinski definition) is 1. The first-order valence-electron chi connectivity index (χ1n) is 7.42. The van der Waals surface area contributed by atoms with Gasteiger partial charge in [0, 0.05) is 13.1 Å². The molecule has 19 heavy (non-hydrogen) atoms. The Hall–Kier alpha value is -1.35. The molecule has 2 aliphatic rings. The van der Waals surface area contributed by atoms with Gasteiger partial charge in [0.05, 0.1) is 12.0 Å². The summed E-state index contributed by atoms with van der Waals surface area (Å²) in [5.74, 6) is 0.552. The molecule has 2 atom stereocenters. The number of rotatable bonds is 2. The monoisotopic (exact) mass is 258 g/mol. The minimum atomic E-state index is 0.193. The number of benzene rings is 1. The lowest BCUT2D eigenvalue weighted by Gasteiger charge is -2.31. The second kappa shape index (κ2) is 5.74. The fraction of sp³-hybridized carbons (Fsp3) is 0.562. The number of nitrogens with one attached hydrogen (secondary N) is 1. The van der Waals surface area contributed by atoms with Gasteiger partial charge in [-0.15, -0.1) is 0 Å². The highest BCUT2D eigenvalue weighted by atomic mass is 16.2. The summed E-state index contributed by atoms with van der Waals surface area (Å²) < 4.78 is 0. The number of likely N-dealkylation sites (tertiary alicyclic amines) is 1. The minimum Gasteiger partial charge on any atom is -0.335 e. The van der Waals surface area contributed by atoms with Crippen LogP contribution in [0.5, 0.6) is 0 Å². The zero-order valence-electron chi connectivity index (χ0n) is 11.3. The molecule has 0 spiro atoms. The van der Waals surface area contributed by atoms with Gasteiger partial charge in [-0.3, -0.25) is 4.79 Å². The third kappa shape index (κ3) is 2.66. The van der Waals surface area contributed by atoms with E-state index in [2.05, 4.69) is 34.5 Å². The first-order valence-corrected chi connectivity index (χ1v) is 7.42. The van der Waals surface area contributed by atoms with Crippen LogP contribution >= 0.6 is 0 Å². The van der Waals surface area contributed by atoms with Crippen molar-refractivity contribution in [2.75, 3.05) is 19.6 Å². The van der Waals surface area contributed by atoms with Crippen LogP contribution in [0.4, 0.5) is 0 Å². The van der Waals surface area contributed by atoms with Gasteiger partial charge in [0.15, 0.2) is 0 Å². The fourth-order valence-corrected chi connectivity index (χ4v) is 3.35. The van der Waals surface area contributed by atoms with Crippen LogP contribution in [0.1, 0.15) is 37.3 Å². The SMILES string of the molecule is O=C(C1CCCNC1)N1CCCC1c1ccccc1. The smallest absolute Gasteiger partial charge is 0.227 e. The van der Waals surface area contributed by atoms with Crippen LogP contribution in [0.3, 0.4) is 0 Å². The summed E-state index contributed by atoms with van der Waals surface area (Å²) in [5.41, 5.74) is 1.29. The molecule has 102 valence electrons. The summed E-state index contributed by atoms with van der Waals surface area (Å²) in [7, 11) is 0. The molecule has 1 amide bonds. The number of nitrogens with zero attached hydrogens (tertiary/aromatic N) is 1. The van der Waals surface area contributed by atoms with E-state index < -0.39 is 0 Å². The van der Waals surface area contributed by atoms with Gasteiger partial charge in [-0.25, -0.2) is 0 Å². The largest absolute Gasteiger partial charge is 0.335 e. The zero-order valence-corrected chi connectivity index (χ0v) is 11.3. The van der Waals surface area contributed by atoms with Gasteiger partial charge >= 0.3 is 0 Å². The zero-order chi connectivity index (χ0) is 13.1. The molecule has 1 aromatic rings. The van der Waals surface area contributed by atoms with Crippen molar-refractivity contribution in [2.24, 2.45) is 5.92 Å². The van der Waals surface area contributed by atoms with Gasteiger partial charge in [-0.2, -0.15) is 0 Å². The van der Waals surface area contributed by atoms with E-state index in [-0.39, 0.29) is 5.92 Å². The lowest BCUT2D eigenvalue weighted by Crippen LogP contribution is -2.42. The molecule has 1 N–H and O–H groups in total. The molecule has 2 unspecified atom stereocenters. The normalized spacial score (nSPS) is 27.5. The molecular formula is C16H22N2O. The van der Waals surface area contributed by atoms with Crippen LogP contribution in [0.15, 0.2) is 30.3 Å². The fourth-order valence-electron chi connectivity index (χ4n) is 3.35. The highest BCUT2D eigenvalue weighted by Crippen LogP contribution is 2.33. The van der Waals surface area contributed by atoms with Crippen LogP contribution in [0.25, 0.3) is 0 Å². The number of piperidine rings is 1. The Balaban J connectivity index is 1.74. The predicted molar refractivity (Wildman–Crippen MR) is 75.7 cm³/mol. The summed E-state index contributed by atoms with van der Waals surface area (Å²) in [6, 6.07) is 10.8. The Morgan fingerprint density at radius 1 is 1.16 bits per heavy atom. The van der Waals surface area contributed by atoms with Crippen LogP contribution in [-0.2, 0) is 4.79 Å². The molecule has 0 radical (unpaired) electrons. The maximum absolute atomic E-state index is 12.7. The van der Waals surface area contributed by atoms with Crippen LogP contribution in [-0.4, -0.2) is 30.4 Å². The molecule has 0 aromatic heterocycles. The van der Waals surface area contributed by atoms with Crippen molar-refractivity contribution in [3.05, 3.63) is 35.9 Å². The number of carbonyl (C=O) groups is 1. The highest BCUT2D eigenvalue weighted by Gasteiger charge is 2.34. The van der Waals surface area contributed by atoms with Gasteiger partial charge < -0.3 is 10.2 Å². The summed E-state index contributed by atoms with van der Waals surface area (Å²) in [4.78, 5) is 14.8. The van der Waals surface area contributed by atoms with E-state index in [0.717, 1.165) is 45.3 Å². The maximum Gasteiger partial charge on any atom is 0.227 e. The minimum absolute atomic E-state index is 0.193. The van der Waals surface area contributed by atoms with Crippen LogP contribution < -0.4 is 5.32 Å². The lowest BCUT2D eigenvalue weighted by molar-refractivity contribution is -0.137. The first kappa shape index (κ1) is 12.7. The molecule has 3 nitrogen and oxygen atoms in total. The van der Waals surface area contributed by atoms with Crippen molar-refractivity contribution in [2.45, 2.75) is 31.7 Å². The number of amides is 1. The van der Waals surface area contributed by atoms with Crippen molar-refractivity contribution in [3.8, 4) is 0 Å². The van der Waals surface area contributed by atoms with Crippen LogP contribution in [0, 0.1) is 5.92 Å². The topological polar surface area (TPSA) is 32.3 Å². The van der Waals surface area contributed by atoms with E-state index in [4.69, 9.17) is 0 Å². The van der Waals surface area contributed by atoms with Crippen molar-refractivity contribution in [1.29, 1.82) is 0 Å². The summed E-state index contributed by atoms with van der Waals surface area (Å²) in [6.07, 6.45) is 4.41. The third-order valence-corrected chi connectivity index (χ3v) is 4.37. The molecule has 3 heteroatoms. The summed E-state index contributed by atoms with van der Waals surface area (Å²) >= 11 is 0. The standard InChI is InChI=1S/C16H22N2O/c19-16(14-8-4-10-17-12-14)18-11-5-9-15(18)13-6-2-1-3-7-13/h1-3,6-7,14-15,17H,4-5,8-12H2. The molecule has 0 aliphatic carbocycles. The van der Waals surface area contributed by atoms with Crippen molar-refractivity contribution < 1.29 is 4.79 Å². The molecule has 0 bridgehead atoms. The quantitative estimate of drug-likeness (QED) is 0.883. The average Bonchev–Trinajstić information content (AvgIpc) is 2.98. The van der Waals surface area contributed by atoms with E-state index >= 15 is 0 Å². The second-order valence-electron chi connectivity index (χ2n) is 5.64. The average molecular weight is 258 g/mol. The van der Waals surface area contributed by atoms with E-state index in [1.54, 1.807) is 0 Å². The van der Waals surface area contributed by atoms with Crippen molar-refractivity contribution in [1.82, 2.24) is 10.2 Å². The van der Waals surface area contributed by atoms with Gasteiger partial charge in [-0.05, 0) is 37.8 Å². The van der Waals surface area contributed by atoms with Crippen LogP contribution in [0.2, 0.25) is 0 Å². The van der Waals surface area contributed by atoms with E-state index in [1.165, 1.54) is 5.56 Å². The second-order valence-corrected chi connectivity index (χ2v) is 5.64. The summed E-state index contributed by atoms with van der Waals surface area (Å²) in [5, 5.41) is 3.35. The third-order valence-electron chi connectivity index (χ3n) is 4.37. The van der Waals surface area contributed by atoms with Crippen molar-refractivity contribution in [3.63, 3.8) is 0 Å². The Labute approximate surface area is 115 Å². The molecule has 0 saturated carbocycles. The molecule has 3 rings (SSSR count). The summed E-state index contributed by atoms with van der Waals surface area (Å²) in [6.45, 7) is 2.84. The first-order chi connectivity index (χ1) is 9.36. The molecule has 2 aliphatic heterocycles. The molecule has 2 fully saturated rings. The Kier molecular flexibility index (Phi) is 3.83. The molecular weight excluding hydrogens is 236 g/mol. The lowest BCUT2D eigenvalue weighted by atomic mass is 9.97. The van der Waals surface area contributed by atoms with Gasteiger partial charge in [0.2, 0.25) is 5.91 Å². The Morgan fingerprint density at radius 2 is 2.00 bits per heavy atom. The van der Waals surface area contributed by atoms with E-state index in [0.29, 0.717) is 11.9 Å². The Morgan fingerprint density at radius 3 is 2.74 bits per heavy atom. The van der Waals surface area contributed by atoms with E-state index in [9.17, 15) is 4.79 Å². The van der Waals surface area contributed by atoms with Gasteiger partial charge in [0.1, 0.15) is 0 Å².